The van der Waals surface area contributed by atoms with E-state index in [1.165, 1.54) is 18.9 Å². The molecular weight excluding hydrogens is 449 g/mol. The topological polar surface area (TPSA) is 47.6 Å². The quantitative estimate of drug-likeness (QED) is 0.456. The second-order valence-corrected chi connectivity index (χ2v) is 8.38. The molecular formula is C18H12Cl3NO3S2. The molecule has 0 unspecified atom stereocenters. The van der Waals surface area contributed by atoms with Crippen LogP contribution in [0.4, 0.5) is 0 Å². The monoisotopic (exact) mass is 459 g/mol. The van der Waals surface area contributed by atoms with Crippen molar-refractivity contribution >= 4 is 75.1 Å². The van der Waals surface area contributed by atoms with Crippen LogP contribution in [-0.4, -0.2) is 17.3 Å². The second kappa shape index (κ2) is 8.71. The Kier molecular flexibility index (Phi) is 6.55. The molecule has 1 aliphatic heterocycles. The number of halogens is 3. The van der Waals surface area contributed by atoms with Crippen LogP contribution in [0.15, 0.2) is 35.2 Å². The van der Waals surface area contributed by atoms with E-state index in [0.717, 1.165) is 5.56 Å². The Morgan fingerprint density at radius 1 is 1.19 bits per heavy atom. The van der Waals surface area contributed by atoms with Gasteiger partial charge in [0.05, 0.1) is 17.0 Å². The average molecular weight is 461 g/mol. The van der Waals surface area contributed by atoms with E-state index in [1.807, 2.05) is 0 Å². The van der Waals surface area contributed by atoms with Crippen molar-refractivity contribution in [1.82, 2.24) is 5.32 Å². The summed E-state index contributed by atoms with van der Waals surface area (Å²) < 4.78 is 11.6. The van der Waals surface area contributed by atoms with Crippen molar-refractivity contribution in [2.75, 3.05) is 7.11 Å². The molecule has 1 fully saturated rings. The smallest absolute Gasteiger partial charge is 0.263 e. The standard InChI is InChI=1S/C18H12Cl3NO3S2/c1-24-14-5-9(6-15-17(23)22-18(26)27-15)4-13(21)16(14)25-8-10-2-3-11(19)7-12(10)20/h2-7H,8H2,1H3,(H,22,23,26)/b15-6-. The number of carbonyl (C=O) groups is 1. The van der Waals surface area contributed by atoms with E-state index in [0.29, 0.717) is 41.4 Å². The second-order valence-electron chi connectivity index (χ2n) is 5.41. The fraction of sp³-hybridized carbons (Fsp3) is 0.111. The van der Waals surface area contributed by atoms with Crippen LogP contribution in [0.5, 0.6) is 11.5 Å². The van der Waals surface area contributed by atoms with Crippen molar-refractivity contribution < 1.29 is 14.3 Å². The van der Waals surface area contributed by atoms with Gasteiger partial charge in [-0.15, -0.1) is 0 Å². The number of nitrogens with one attached hydrogen (secondary N) is 1. The third kappa shape index (κ3) is 4.89. The number of hydrogen-bond donors (Lipinski definition) is 1. The highest BCUT2D eigenvalue weighted by Crippen LogP contribution is 2.38. The summed E-state index contributed by atoms with van der Waals surface area (Å²) in [6.07, 6.45) is 1.69. The summed E-state index contributed by atoms with van der Waals surface area (Å²) in [7, 11) is 1.51. The van der Waals surface area contributed by atoms with Gasteiger partial charge in [-0.2, -0.15) is 0 Å². The molecule has 1 aliphatic rings. The zero-order chi connectivity index (χ0) is 19.6. The third-order valence-electron chi connectivity index (χ3n) is 3.58. The van der Waals surface area contributed by atoms with Crippen LogP contribution in [0.1, 0.15) is 11.1 Å². The van der Waals surface area contributed by atoms with E-state index in [-0.39, 0.29) is 12.5 Å². The molecule has 0 spiro atoms. The number of carbonyl (C=O) groups excluding carboxylic acids is 1. The highest BCUT2D eigenvalue weighted by molar-refractivity contribution is 8.26. The highest BCUT2D eigenvalue weighted by atomic mass is 35.5. The molecule has 0 saturated carbocycles. The summed E-state index contributed by atoms with van der Waals surface area (Å²) in [5.41, 5.74) is 1.45. The van der Waals surface area contributed by atoms with Crippen molar-refractivity contribution in [3.63, 3.8) is 0 Å². The predicted molar refractivity (Wildman–Crippen MR) is 115 cm³/mol. The van der Waals surface area contributed by atoms with Crippen LogP contribution in [0.25, 0.3) is 6.08 Å². The Morgan fingerprint density at radius 2 is 1.96 bits per heavy atom. The molecule has 0 aliphatic carbocycles. The first-order valence-electron chi connectivity index (χ1n) is 7.56. The van der Waals surface area contributed by atoms with Gasteiger partial charge in [-0.3, -0.25) is 4.79 Å². The van der Waals surface area contributed by atoms with Gasteiger partial charge in [0, 0.05) is 15.6 Å². The van der Waals surface area contributed by atoms with Crippen molar-refractivity contribution in [3.05, 3.63) is 61.4 Å². The summed E-state index contributed by atoms with van der Waals surface area (Å²) in [6.45, 7) is 0.193. The molecule has 1 heterocycles. The number of benzene rings is 2. The fourth-order valence-electron chi connectivity index (χ4n) is 2.32. The largest absolute Gasteiger partial charge is 0.493 e. The number of hydrogen-bond acceptors (Lipinski definition) is 5. The lowest BCUT2D eigenvalue weighted by Gasteiger charge is -2.14. The van der Waals surface area contributed by atoms with Gasteiger partial charge < -0.3 is 14.8 Å². The number of thiocarbonyl (C=S) groups is 1. The van der Waals surface area contributed by atoms with Gasteiger partial charge >= 0.3 is 0 Å². The minimum absolute atomic E-state index is 0.193. The van der Waals surface area contributed by atoms with Crippen LogP contribution >= 0.6 is 58.8 Å². The zero-order valence-electron chi connectivity index (χ0n) is 13.8. The molecule has 0 radical (unpaired) electrons. The van der Waals surface area contributed by atoms with E-state index >= 15 is 0 Å². The van der Waals surface area contributed by atoms with Crippen LogP contribution in [-0.2, 0) is 11.4 Å². The number of ether oxygens (including phenoxy) is 2. The summed E-state index contributed by atoms with van der Waals surface area (Å²) in [5.74, 6) is 0.578. The summed E-state index contributed by atoms with van der Waals surface area (Å²) in [5, 5.41) is 3.96. The molecule has 1 saturated heterocycles. The van der Waals surface area contributed by atoms with Crippen molar-refractivity contribution in [2.24, 2.45) is 0 Å². The Bertz CT molecular complexity index is 963. The molecule has 1 amide bonds. The van der Waals surface area contributed by atoms with Gasteiger partial charge in [0.2, 0.25) is 0 Å². The van der Waals surface area contributed by atoms with Gasteiger partial charge in [0.25, 0.3) is 5.91 Å². The number of methoxy groups -OCH3 is 1. The van der Waals surface area contributed by atoms with E-state index < -0.39 is 0 Å². The molecule has 0 atom stereocenters. The third-order valence-corrected chi connectivity index (χ3v) is 5.61. The lowest BCUT2D eigenvalue weighted by Crippen LogP contribution is -2.17. The lowest BCUT2D eigenvalue weighted by atomic mass is 10.1. The highest BCUT2D eigenvalue weighted by Gasteiger charge is 2.22. The number of thioether (sulfide) groups is 1. The van der Waals surface area contributed by atoms with Gasteiger partial charge in [0.1, 0.15) is 10.9 Å². The molecule has 2 aromatic carbocycles. The van der Waals surface area contributed by atoms with Crippen LogP contribution in [0, 0.1) is 0 Å². The van der Waals surface area contributed by atoms with Gasteiger partial charge in [-0.05, 0) is 35.9 Å². The first-order chi connectivity index (χ1) is 12.9. The molecule has 1 N–H and O–H groups in total. The lowest BCUT2D eigenvalue weighted by molar-refractivity contribution is -0.115. The molecule has 3 rings (SSSR count). The Hall–Kier alpha value is -1.44. The molecule has 0 aromatic heterocycles. The minimum atomic E-state index is -0.238. The Labute approximate surface area is 180 Å². The fourth-order valence-corrected chi connectivity index (χ4v) is 4.11. The molecule has 4 nitrogen and oxygen atoms in total. The first-order valence-corrected chi connectivity index (χ1v) is 9.92. The Balaban J connectivity index is 1.85. The summed E-state index contributed by atoms with van der Waals surface area (Å²) in [4.78, 5) is 12.3. The molecule has 9 heteroatoms. The maximum atomic E-state index is 11.8. The predicted octanol–water partition coefficient (Wildman–Crippen LogP) is 5.72. The van der Waals surface area contributed by atoms with E-state index in [1.54, 1.807) is 36.4 Å². The summed E-state index contributed by atoms with van der Waals surface area (Å²) in [6, 6.07) is 8.57. The van der Waals surface area contributed by atoms with Gasteiger partial charge in [-0.1, -0.05) is 64.8 Å². The maximum absolute atomic E-state index is 11.8. The normalized spacial score (nSPS) is 15.2. The van der Waals surface area contributed by atoms with E-state index in [4.69, 9.17) is 56.5 Å². The SMILES string of the molecule is COc1cc(/C=C2\SC(=S)NC2=O)cc(Cl)c1OCc1ccc(Cl)cc1Cl. The van der Waals surface area contributed by atoms with Crippen molar-refractivity contribution in [1.29, 1.82) is 0 Å². The number of rotatable bonds is 5. The van der Waals surface area contributed by atoms with Gasteiger partial charge in [-0.25, -0.2) is 0 Å². The van der Waals surface area contributed by atoms with Crippen LogP contribution in [0.3, 0.4) is 0 Å². The molecule has 0 bridgehead atoms. The first kappa shape index (κ1) is 20.3. The van der Waals surface area contributed by atoms with Crippen LogP contribution in [0.2, 0.25) is 15.1 Å². The molecule has 2 aromatic rings. The van der Waals surface area contributed by atoms with E-state index in [2.05, 4.69) is 5.32 Å². The zero-order valence-corrected chi connectivity index (χ0v) is 17.7. The number of amides is 1. The average Bonchev–Trinajstić information content (AvgIpc) is 2.92. The summed E-state index contributed by atoms with van der Waals surface area (Å²) >= 11 is 24.6. The van der Waals surface area contributed by atoms with E-state index in [9.17, 15) is 4.79 Å². The van der Waals surface area contributed by atoms with Crippen LogP contribution < -0.4 is 14.8 Å². The molecule has 140 valence electrons. The van der Waals surface area contributed by atoms with Gasteiger partial charge in [0.15, 0.2) is 11.5 Å². The minimum Gasteiger partial charge on any atom is -0.493 e. The van der Waals surface area contributed by atoms with Crippen molar-refractivity contribution in [3.8, 4) is 11.5 Å². The molecule has 27 heavy (non-hydrogen) atoms. The maximum Gasteiger partial charge on any atom is 0.263 e. The Morgan fingerprint density at radius 3 is 2.59 bits per heavy atom. The van der Waals surface area contributed by atoms with Crippen molar-refractivity contribution in [2.45, 2.75) is 6.61 Å².